The molecule has 1 N–H and O–H groups in total. The molecule has 1 aromatic rings. The van der Waals surface area contributed by atoms with Crippen LogP contribution >= 0.6 is 0 Å². The molecule has 0 aromatic carbocycles. The van der Waals surface area contributed by atoms with Gasteiger partial charge in [-0.05, 0) is 37.9 Å². The Morgan fingerprint density at radius 2 is 2.38 bits per heavy atom. The highest BCUT2D eigenvalue weighted by atomic mass is 16.5. The molecule has 0 unspecified atom stereocenters. The molecule has 0 aliphatic carbocycles. The monoisotopic (exact) mass is 221 g/mol. The SMILES string of the molecule is Cc1ccoc1CNCCC1=CCOCC1. The molecule has 88 valence electrons. The lowest BCUT2D eigenvalue weighted by Gasteiger charge is -2.13. The number of hydrogen-bond acceptors (Lipinski definition) is 3. The third kappa shape index (κ3) is 3.22. The molecule has 1 aromatic heterocycles. The molecule has 0 atom stereocenters. The van der Waals surface area contributed by atoms with E-state index in [9.17, 15) is 0 Å². The highest BCUT2D eigenvalue weighted by molar-refractivity contribution is 5.14. The van der Waals surface area contributed by atoms with E-state index in [0.717, 1.165) is 44.9 Å². The van der Waals surface area contributed by atoms with Gasteiger partial charge in [-0.3, -0.25) is 0 Å². The molecule has 0 fully saturated rings. The molecule has 0 bridgehead atoms. The van der Waals surface area contributed by atoms with Crippen LogP contribution in [0.1, 0.15) is 24.2 Å². The number of furan rings is 1. The van der Waals surface area contributed by atoms with Crippen molar-refractivity contribution in [2.75, 3.05) is 19.8 Å². The van der Waals surface area contributed by atoms with Gasteiger partial charge in [0, 0.05) is 0 Å². The summed E-state index contributed by atoms with van der Waals surface area (Å²) in [5, 5.41) is 3.40. The summed E-state index contributed by atoms with van der Waals surface area (Å²) in [4.78, 5) is 0. The summed E-state index contributed by atoms with van der Waals surface area (Å²) in [6.45, 7) is 5.56. The van der Waals surface area contributed by atoms with E-state index in [4.69, 9.17) is 9.15 Å². The topological polar surface area (TPSA) is 34.4 Å². The summed E-state index contributed by atoms with van der Waals surface area (Å²) in [6, 6.07) is 2.00. The van der Waals surface area contributed by atoms with Gasteiger partial charge in [-0.1, -0.05) is 11.6 Å². The van der Waals surface area contributed by atoms with Crippen LogP contribution in [0.3, 0.4) is 0 Å². The Bertz CT molecular complexity index is 355. The minimum Gasteiger partial charge on any atom is -0.468 e. The molecule has 0 spiro atoms. The second-order valence-corrected chi connectivity index (χ2v) is 4.14. The molecule has 0 radical (unpaired) electrons. The number of hydrogen-bond donors (Lipinski definition) is 1. The van der Waals surface area contributed by atoms with Crippen molar-refractivity contribution in [3.63, 3.8) is 0 Å². The summed E-state index contributed by atoms with van der Waals surface area (Å²) >= 11 is 0. The van der Waals surface area contributed by atoms with Gasteiger partial charge in [0.05, 0.1) is 26.0 Å². The van der Waals surface area contributed by atoms with Gasteiger partial charge in [-0.2, -0.15) is 0 Å². The first-order valence-electron chi connectivity index (χ1n) is 5.85. The van der Waals surface area contributed by atoms with E-state index in [1.807, 2.05) is 6.07 Å². The first-order chi connectivity index (χ1) is 7.86. The highest BCUT2D eigenvalue weighted by Crippen LogP contribution is 2.11. The Labute approximate surface area is 96.5 Å². The predicted octanol–water partition coefficient (Wildman–Crippen LogP) is 2.41. The predicted molar refractivity (Wildman–Crippen MR) is 63.3 cm³/mol. The summed E-state index contributed by atoms with van der Waals surface area (Å²) in [7, 11) is 0. The summed E-state index contributed by atoms with van der Waals surface area (Å²) in [6.07, 6.45) is 6.14. The van der Waals surface area contributed by atoms with Gasteiger partial charge in [0.15, 0.2) is 0 Å². The minimum absolute atomic E-state index is 0.784. The third-order valence-electron chi connectivity index (χ3n) is 2.93. The van der Waals surface area contributed by atoms with Crippen LogP contribution in [0.4, 0.5) is 0 Å². The van der Waals surface area contributed by atoms with Crippen molar-refractivity contribution in [2.45, 2.75) is 26.3 Å². The molecule has 2 heterocycles. The van der Waals surface area contributed by atoms with E-state index in [2.05, 4.69) is 18.3 Å². The van der Waals surface area contributed by atoms with Gasteiger partial charge in [-0.25, -0.2) is 0 Å². The number of rotatable bonds is 5. The maximum Gasteiger partial charge on any atom is 0.120 e. The van der Waals surface area contributed by atoms with E-state index in [1.54, 1.807) is 6.26 Å². The molecule has 0 saturated heterocycles. The average molecular weight is 221 g/mol. The van der Waals surface area contributed by atoms with Crippen LogP contribution in [0.2, 0.25) is 0 Å². The lowest BCUT2D eigenvalue weighted by atomic mass is 10.1. The van der Waals surface area contributed by atoms with Gasteiger partial charge in [0.25, 0.3) is 0 Å². The summed E-state index contributed by atoms with van der Waals surface area (Å²) in [5.41, 5.74) is 2.73. The van der Waals surface area contributed by atoms with Crippen molar-refractivity contribution in [1.29, 1.82) is 0 Å². The fraction of sp³-hybridized carbons (Fsp3) is 0.538. The molecule has 0 amide bonds. The molecular formula is C13H19NO2. The quantitative estimate of drug-likeness (QED) is 0.612. The molecule has 3 heteroatoms. The fourth-order valence-electron chi connectivity index (χ4n) is 1.83. The summed E-state index contributed by atoms with van der Waals surface area (Å²) in [5.74, 6) is 1.04. The molecule has 3 nitrogen and oxygen atoms in total. The maximum absolute atomic E-state index is 5.36. The van der Waals surface area contributed by atoms with Crippen LogP contribution in [0.15, 0.2) is 28.4 Å². The molecule has 16 heavy (non-hydrogen) atoms. The van der Waals surface area contributed by atoms with Crippen LogP contribution in [-0.4, -0.2) is 19.8 Å². The van der Waals surface area contributed by atoms with E-state index in [-0.39, 0.29) is 0 Å². The van der Waals surface area contributed by atoms with Gasteiger partial charge in [0.1, 0.15) is 5.76 Å². The smallest absolute Gasteiger partial charge is 0.120 e. The van der Waals surface area contributed by atoms with E-state index in [1.165, 1.54) is 11.1 Å². The Morgan fingerprint density at radius 3 is 3.06 bits per heavy atom. The molecule has 1 aliphatic rings. The largest absolute Gasteiger partial charge is 0.468 e. The second-order valence-electron chi connectivity index (χ2n) is 4.14. The van der Waals surface area contributed by atoms with Crippen LogP contribution < -0.4 is 5.32 Å². The first-order valence-corrected chi connectivity index (χ1v) is 5.85. The van der Waals surface area contributed by atoms with Gasteiger partial charge in [-0.15, -0.1) is 0 Å². The van der Waals surface area contributed by atoms with Crippen LogP contribution in [0.5, 0.6) is 0 Å². The normalized spacial score (nSPS) is 16.2. The highest BCUT2D eigenvalue weighted by Gasteiger charge is 2.04. The fourth-order valence-corrected chi connectivity index (χ4v) is 1.83. The van der Waals surface area contributed by atoms with Crippen molar-refractivity contribution >= 4 is 0 Å². The average Bonchev–Trinajstić information content (AvgIpc) is 2.72. The van der Waals surface area contributed by atoms with Crippen molar-refractivity contribution in [1.82, 2.24) is 5.32 Å². The molecule has 1 aliphatic heterocycles. The van der Waals surface area contributed by atoms with Crippen molar-refractivity contribution in [2.24, 2.45) is 0 Å². The maximum atomic E-state index is 5.36. The zero-order valence-electron chi connectivity index (χ0n) is 9.79. The van der Waals surface area contributed by atoms with Crippen LogP contribution in [0.25, 0.3) is 0 Å². The Kier molecular flexibility index (Phi) is 4.19. The minimum atomic E-state index is 0.784. The lowest BCUT2D eigenvalue weighted by Crippen LogP contribution is -2.16. The second kappa shape index (κ2) is 5.87. The zero-order valence-corrected chi connectivity index (χ0v) is 9.79. The van der Waals surface area contributed by atoms with Gasteiger partial charge < -0.3 is 14.5 Å². The van der Waals surface area contributed by atoms with Gasteiger partial charge in [0.2, 0.25) is 0 Å². The van der Waals surface area contributed by atoms with Crippen LogP contribution in [-0.2, 0) is 11.3 Å². The number of nitrogens with one attached hydrogen (secondary N) is 1. The van der Waals surface area contributed by atoms with Crippen molar-refractivity contribution in [3.8, 4) is 0 Å². The molecule has 0 saturated carbocycles. The standard InChI is InChI=1S/C13H19NO2/c1-11-3-9-16-13(11)10-14-6-2-12-4-7-15-8-5-12/h3-4,9,14H,2,5-8,10H2,1H3. The van der Waals surface area contributed by atoms with Gasteiger partial charge >= 0.3 is 0 Å². The van der Waals surface area contributed by atoms with Crippen molar-refractivity contribution < 1.29 is 9.15 Å². The molecular weight excluding hydrogens is 202 g/mol. The van der Waals surface area contributed by atoms with Crippen molar-refractivity contribution in [3.05, 3.63) is 35.3 Å². The number of aryl methyl sites for hydroxylation is 1. The molecule has 2 rings (SSSR count). The van der Waals surface area contributed by atoms with E-state index in [0.29, 0.717) is 0 Å². The van der Waals surface area contributed by atoms with E-state index >= 15 is 0 Å². The van der Waals surface area contributed by atoms with E-state index < -0.39 is 0 Å². The Hall–Kier alpha value is -1.06. The zero-order chi connectivity index (χ0) is 11.2. The van der Waals surface area contributed by atoms with Crippen LogP contribution in [0, 0.1) is 6.92 Å². The third-order valence-corrected chi connectivity index (χ3v) is 2.93. The Balaban J connectivity index is 1.65. The summed E-state index contributed by atoms with van der Waals surface area (Å²) < 4.78 is 10.6. The first kappa shape index (κ1) is 11.4. The lowest BCUT2D eigenvalue weighted by molar-refractivity contribution is 0.153. The number of ether oxygens (including phenoxy) is 1. The Morgan fingerprint density at radius 1 is 1.44 bits per heavy atom.